The fourth-order valence-corrected chi connectivity index (χ4v) is 2.48. The summed E-state index contributed by atoms with van der Waals surface area (Å²) in [4.78, 5) is 11.4. The van der Waals surface area contributed by atoms with E-state index in [0.29, 0.717) is 6.42 Å². The highest BCUT2D eigenvalue weighted by Crippen LogP contribution is 2.19. The third-order valence-electron chi connectivity index (χ3n) is 1.56. The summed E-state index contributed by atoms with van der Waals surface area (Å²) >= 11 is 0.853. The van der Waals surface area contributed by atoms with Crippen LogP contribution in [0.3, 0.4) is 0 Å². The Morgan fingerprint density at radius 3 is 2.50 bits per heavy atom. The summed E-state index contributed by atoms with van der Waals surface area (Å²) in [7, 11) is -3.35. The minimum absolute atomic E-state index is 0.0904. The first-order valence-electron chi connectivity index (χ1n) is 4.62. The fourth-order valence-electron chi connectivity index (χ4n) is 0.951. The Morgan fingerprint density at radius 2 is 2.06 bits per heavy atom. The quantitative estimate of drug-likeness (QED) is 0.816. The monoisotopic (exact) mass is 263 g/mol. The normalized spacial score (nSPS) is 11.8. The van der Waals surface area contributed by atoms with Gasteiger partial charge in [-0.25, -0.2) is 8.42 Å². The summed E-state index contributed by atoms with van der Waals surface area (Å²) < 4.78 is 22.1. The van der Waals surface area contributed by atoms with Crippen LogP contribution in [0.2, 0.25) is 0 Å². The summed E-state index contributed by atoms with van der Waals surface area (Å²) in [5.41, 5.74) is 0. The second-order valence-corrected chi connectivity index (χ2v) is 6.96. The molecule has 0 saturated carbocycles. The average Bonchev–Trinajstić information content (AvgIpc) is 2.49. The number of carbonyl (C=O) groups excluding carboxylic acids is 1. The Balaban J connectivity index is 2.70. The van der Waals surface area contributed by atoms with E-state index in [1.165, 1.54) is 0 Å². The van der Waals surface area contributed by atoms with Gasteiger partial charge in [0.25, 0.3) is 0 Å². The first kappa shape index (κ1) is 13.0. The van der Waals surface area contributed by atoms with Gasteiger partial charge in [0.05, 0.1) is 0 Å². The van der Waals surface area contributed by atoms with Gasteiger partial charge in [-0.3, -0.25) is 4.79 Å². The van der Waals surface area contributed by atoms with Gasteiger partial charge in [-0.2, -0.15) is 0 Å². The largest absolute Gasteiger partial charge is 0.300 e. The van der Waals surface area contributed by atoms with Gasteiger partial charge >= 0.3 is 0 Å². The third-order valence-corrected chi connectivity index (χ3v) is 4.07. The van der Waals surface area contributed by atoms with Crippen molar-refractivity contribution in [3.8, 4) is 0 Å². The predicted octanol–water partition coefficient (Wildman–Crippen LogP) is 0.926. The Bertz CT molecular complexity index is 478. The smallest absolute Gasteiger partial charge is 0.234 e. The van der Waals surface area contributed by atoms with E-state index in [4.69, 9.17) is 0 Å². The number of amides is 1. The molecule has 90 valence electrons. The van der Waals surface area contributed by atoms with E-state index in [1.54, 1.807) is 0 Å². The first-order chi connectivity index (χ1) is 7.29. The van der Waals surface area contributed by atoms with Crippen LogP contribution in [0.1, 0.15) is 20.3 Å². The van der Waals surface area contributed by atoms with Crippen molar-refractivity contribution in [3.05, 3.63) is 0 Å². The number of hydrogen-bond donors (Lipinski definition) is 1. The molecule has 1 N–H and O–H groups in total. The van der Waals surface area contributed by atoms with Crippen LogP contribution in [0.15, 0.2) is 4.34 Å². The van der Waals surface area contributed by atoms with Gasteiger partial charge < -0.3 is 5.32 Å². The van der Waals surface area contributed by atoms with Crippen molar-refractivity contribution in [2.45, 2.75) is 24.6 Å². The molecule has 0 radical (unpaired) electrons. The SMILES string of the molecule is CC(C)CC(=O)Nc1nnc(S(C)(=O)=O)s1. The highest BCUT2D eigenvalue weighted by atomic mass is 32.2. The molecule has 1 aromatic rings. The second-order valence-electron chi connectivity index (χ2n) is 3.79. The lowest BCUT2D eigenvalue weighted by molar-refractivity contribution is -0.116. The van der Waals surface area contributed by atoms with Gasteiger partial charge in [-0.1, -0.05) is 25.2 Å². The second kappa shape index (κ2) is 4.88. The maximum atomic E-state index is 11.4. The first-order valence-corrected chi connectivity index (χ1v) is 7.33. The minimum atomic E-state index is -3.35. The van der Waals surface area contributed by atoms with Crippen molar-refractivity contribution in [1.29, 1.82) is 0 Å². The standard InChI is InChI=1S/C8H13N3O3S2/c1-5(2)4-6(12)9-7-10-11-8(15-7)16(3,13)14/h5H,4H2,1-3H3,(H,9,10,12). The van der Waals surface area contributed by atoms with Gasteiger partial charge in [0.2, 0.25) is 25.2 Å². The molecule has 1 aromatic heterocycles. The molecule has 1 amide bonds. The van der Waals surface area contributed by atoms with Gasteiger partial charge in [0.1, 0.15) is 0 Å². The number of carbonyl (C=O) groups is 1. The molecule has 16 heavy (non-hydrogen) atoms. The van der Waals surface area contributed by atoms with Gasteiger partial charge in [-0.05, 0) is 5.92 Å². The molecule has 0 fully saturated rings. The van der Waals surface area contributed by atoms with E-state index in [9.17, 15) is 13.2 Å². The van der Waals surface area contributed by atoms with Gasteiger partial charge in [0.15, 0.2) is 0 Å². The lowest BCUT2D eigenvalue weighted by Crippen LogP contribution is -2.13. The van der Waals surface area contributed by atoms with E-state index in [-0.39, 0.29) is 21.3 Å². The number of sulfone groups is 1. The van der Waals surface area contributed by atoms with Crippen LogP contribution >= 0.6 is 11.3 Å². The molecule has 0 unspecified atom stereocenters. The zero-order valence-corrected chi connectivity index (χ0v) is 10.9. The molecular weight excluding hydrogens is 250 g/mol. The number of hydrogen-bond acceptors (Lipinski definition) is 6. The molecule has 1 heterocycles. The predicted molar refractivity (Wildman–Crippen MR) is 61.1 cm³/mol. The van der Waals surface area contributed by atoms with Crippen LogP contribution in [0.5, 0.6) is 0 Å². The molecule has 6 nitrogen and oxygen atoms in total. The van der Waals surface area contributed by atoms with Crippen molar-refractivity contribution < 1.29 is 13.2 Å². The molecule has 0 aliphatic rings. The summed E-state index contributed by atoms with van der Waals surface area (Å²) in [5, 5.41) is 9.79. The summed E-state index contributed by atoms with van der Waals surface area (Å²) in [6, 6.07) is 0. The third kappa shape index (κ3) is 3.86. The van der Waals surface area contributed by atoms with Crippen LogP contribution in [-0.2, 0) is 14.6 Å². The molecule has 0 saturated heterocycles. The van der Waals surface area contributed by atoms with Crippen LogP contribution in [-0.4, -0.2) is 30.8 Å². The molecule has 0 atom stereocenters. The van der Waals surface area contributed by atoms with E-state index >= 15 is 0 Å². The molecule has 0 spiro atoms. The van der Waals surface area contributed by atoms with Gasteiger partial charge in [0, 0.05) is 12.7 Å². The lowest BCUT2D eigenvalue weighted by atomic mass is 10.1. The Hall–Kier alpha value is -1.02. The molecule has 8 heteroatoms. The summed E-state index contributed by atoms with van der Waals surface area (Å²) in [5.74, 6) is 0.0495. The molecule has 0 aliphatic heterocycles. The van der Waals surface area contributed by atoms with Crippen LogP contribution < -0.4 is 5.32 Å². The van der Waals surface area contributed by atoms with Crippen molar-refractivity contribution in [3.63, 3.8) is 0 Å². The molecular formula is C8H13N3O3S2. The Kier molecular flexibility index (Phi) is 3.98. The maximum Gasteiger partial charge on any atom is 0.234 e. The molecule has 0 aromatic carbocycles. The maximum absolute atomic E-state index is 11.4. The zero-order valence-electron chi connectivity index (χ0n) is 9.22. The van der Waals surface area contributed by atoms with Crippen LogP contribution in [0.4, 0.5) is 5.13 Å². The van der Waals surface area contributed by atoms with Crippen LogP contribution in [0.25, 0.3) is 0 Å². The number of nitrogens with one attached hydrogen (secondary N) is 1. The lowest BCUT2D eigenvalue weighted by Gasteiger charge is -2.02. The Labute approximate surface area is 98.0 Å². The van der Waals surface area contributed by atoms with Crippen molar-refractivity contribution >= 4 is 32.2 Å². The minimum Gasteiger partial charge on any atom is -0.300 e. The summed E-state index contributed by atoms with van der Waals surface area (Å²) in [6.45, 7) is 3.84. The van der Waals surface area contributed by atoms with E-state index in [1.807, 2.05) is 13.8 Å². The number of rotatable bonds is 4. The molecule has 0 bridgehead atoms. The van der Waals surface area contributed by atoms with Crippen LogP contribution in [0, 0.1) is 5.92 Å². The molecule has 0 aliphatic carbocycles. The number of anilines is 1. The van der Waals surface area contributed by atoms with E-state index < -0.39 is 9.84 Å². The number of aromatic nitrogens is 2. The molecule has 1 rings (SSSR count). The highest BCUT2D eigenvalue weighted by molar-refractivity contribution is 7.92. The van der Waals surface area contributed by atoms with Gasteiger partial charge in [-0.15, -0.1) is 10.2 Å². The van der Waals surface area contributed by atoms with Crippen molar-refractivity contribution in [2.24, 2.45) is 5.92 Å². The van der Waals surface area contributed by atoms with E-state index in [2.05, 4.69) is 15.5 Å². The highest BCUT2D eigenvalue weighted by Gasteiger charge is 2.15. The summed E-state index contributed by atoms with van der Waals surface area (Å²) in [6.07, 6.45) is 1.42. The fraction of sp³-hybridized carbons (Fsp3) is 0.625. The average molecular weight is 263 g/mol. The van der Waals surface area contributed by atoms with Crippen molar-refractivity contribution in [2.75, 3.05) is 11.6 Å². The number of nitrogens with zero attached hydrogens (tertiary/aromatic N) is 2. The van der Waals surface area contributed by atoms with E-state index in [0.717, 1.165) is 17.6 Å². The zero-order chi connectivity index (χ0) is 12.3. The Morgan fingerprint density at radius 1 is 1.44 bits per heavy atom. The topological polar surface area (TPSA) is 89.0 Å². The van der Waals surface area contributed by atoms with Crippen molar-refractivity contribution in [1.82, 2.24) is 10.2 Å².